The minimum atomic E-state index is -3.48. The summed E-state index contributed by atoms with van der Waals surface area (Å²) in [6, 6.07) is 6.50. The molecule has 0 saturated heterocycles. The molecule has 0 radical (unpaired) electrons. The van der Waals surface area contributed by atoms with E-state index in [4.69, 9.17) is 0 Å². The van der Waals surface area contributed by atoms with Gasteiger partial charge in [0.1, 0.15) is 0 Å². The predicted molar refractivity (Wildman–Crippen MR) is 49.1 cm³/mol. The number of hydrogen-bond acceptors (Lipinski definition) is 2. The van der Waals surface area contributed by atoms with Crippen molar-refractivity contribution in [1.82, 2.24) is 0 Å². The molecule has 1 aromatic carbocycles. The Bertz CT molecular complexity index is 382. The molecule has 0 saturated carbocycles. The standard InChI is InChI=1S/C7H8NO2PS/c1-6-2-4-7(5-3-6)12(9,10)8-11/h2-5,11H,1H3. The van der Waals surface area contributed by atoms with E-state index in [-0.39, 0.29) is 4.90 Å². The van der Waals surface area contributed by atoms with Crippen LogP contribution in [-0.2, 0) is 10.0 Å². The highest BCUT2D eigenvalue weighted by Gasteiger charge is 2.09. The molecule has 12 heavy (non-hydrogen) atoms. The van der Waals surface area contributed by atoms with Crippen LogP contribution in [0.1, 0.15) is 5.56 Å². The lowest BCUT2D eigenvalue weighted by Crippen LogP contribution is -1.93. The first-order valence-electron chi connectivity index (χ1n) is 3.27. The van der Waals surface area contributed by atoms with Crippen molar-refractivity contribution in [1.29, 1.82) is 0 Å². The molecule has 0 atom stereocenters. The fourth-order valence-electron chi connectivity index (χ4n) is 0.763. The van der Waals surface area contributed by atoms with Gasteiger partial charge in [0.05, 0.1) is 4.90 Å². The summed E-state index contributed by atoms with van der Waals surface area (Å²) < 4.78 is 25.3. The van der Waals surface area contributed by atoms with E-state index < -0.39 is 10.0 Å². The number of nitrogens with zero attached hydrogens (tertiary/aromatic N) is 1. The summed E-state index contributed by atoms with van der Waals surface area (Å²) in [5, 5.41) is 0. The second-order valence-electron chi connectivity index (χ2n) is 2.38. The smallest absolute Gasteiger partial charge is 0.199 e. The summed E-state index contributed by atoms with van der Waals surface area (Å²) in [4.78, 5) is 0.197. The topological polar surface area (TPSA) is 46.5 Å². The van der Waals surface area contributed by atoms with Crippen LogP contribution < -0.4 is 0 Å². The van der Waals surface area contributed by atoms with Crippen molar-refractivity contribution in [3.63, 3.8) is 0 Å². The molecule has 0 fully saturated rings. The van der Waals surface area contributed by atoms with Crippen LogP contribution in [0.4, 0.5) is 0 Å². The van der Waals surface area contributed by atoms with Gasteiger partial charge in [0.15, 0.2) is 0 Å². The van der Waals surface area contributed by atoms with Crippen molar-refractivity contribution in [3.8, 4) is 0 Å². The minimum absolute atomic E-state index is 0.197. The third-order valence-electron chi connectivity index (χ3n) is 1.44. The van der Waals surface area contributed by atoms with Gasteiger partial charge in [0, 0.05) is 9.03 Å². The van der Waals surface area contributed by atoms with Gasteiger partial charge in [0.25, 0.3) is 10.0 Å². The third kappa shape index (κ3) is 1.90. The summed E-state index contributed by atoms with van der Waals surface area (Å²) in [6.45, 7) is 1.89. The van der Waals surface area contributed by atoms with Gasteiger partial charge < -0.3 is 0 Å². The summed E-state index contributed by atoms with van der Waals surface area (Å²) >= 11 is 0. The van der Waals surface area contributed by atoms with E-state index in [0.717, 1.165) is 5.56 Å². The average Bonchev–Trinajstić information content (AvgIpc) is 2.05. The van der Waals surface area contributed by atoms with Crippen LogP contribution >= 0.6 is 9.03 Å². The first-order valence-corrected chi connectivity index (χ1v) is 5.15. The predicted octanol–water partition coefficient (Wildman–Crippen LogP) is 2.01. The van der Waals surface area contributed by atoms with E-state index in [1.165, 1.54) is 12.1 Å². The normalized spacial score (nSPS) is 11.1. The Morgan fingerprint density at radius 1 is 1.25 bits per heavy atom. The van der Waals surface area contributed by atoms with Crippen molar-refractivity contribution in [2.45, 2.75) is 11.8 Å². The lowest BCUT2D eigenvalue weighted by Gasteiger charge is -1.96. The lowest BCUT2D eigenvalue weighted by molar-refractivity contribution is 0.598. The maximum atomic E-state index is 11.1. The summed E-state index contributed by atoms with van der Waals surface area (Å²) in [5.74, 6) is 0. The molecule has 0 N–H and O–H groups in total. The molecule has 0 bridgehead atoms. The average molecular weight is 201 g/mol. The second kappa shape index (κ2) is 3.33. The molecule has 0 aliphatic heterocycles. The molecule has 1 rings (SSSR count). The second-order valence-corrected chi connectivity index (χ2v) is 4.53. The molecule has 0 amide bonds. The zero-order valence-corrected chi connectivity index (χ0v) is 8.30. The van der Waals surface area contributed by atoms with Gasteiger partial charge in [-0.05, 0) is 19.1 Å². The fourth-order valence-corrected chi connectivity index (χ4v) is 1.66. The number of rotatable bonds is 2. The van der Waals surface area contributed by atoms with E-state index in [1.54, 1.807) is 12.1 Å². The van der Waals surface area contributed by atoms with Crippen molar-refractivity contribution in [3.05, 3.63) is 29.8 Å². The Morgan fingerprint density at radius 3 is 2.17 bits per heavy atom. The van der Waals surface area contributed by atoms with Crippen LogP contribution in [0.3, 0.4) is 0 Å². The monoisotopic (exact) mass is 201 g/mol. The number of aryl methyl sites for hydroxylation is 1. The van der Waals surface area contributed by atoms with Crippen molar-refractivity contribution in [2.75, 3.05) is 0 Å². The first kappa shape index (κ1) is 9.36. The Morgan fingerprint density at radius 2 is 1.75 bits per heavy atom. The fraction of sp³-hybridized carbons (Fsp3) is 0.143. The maximum Gasteiger partial charge on any atom is 0.285 e. The van der Waals surface area contributed by atoms with Gasteiger partial charge in [-0.2, -0.15) is 8.42 Å². The van der Waals surface area contributed by atoms with Gasteiger partial charge in [-0.25, -0.2) is 0 Å². The summed E-state index contributed by atoms with van der Waals surface area (Å²) in [7, 11) is -0.865. The van der Waals surface area contributed by atoms with Gasteiger partial charge in [-0.1, -0.05) is 17.7 Å². The van der Waals surface area contributed by atoms with Crippen LogP contribution in [0, 0.1) is 6.92 Å². The molecular formula is C7H8NO2PS. The molecule has 64 valence electrons. The molecule has 0 aliphatic rings. The Kier molecular flexibility index (Phi) is 2.60. The Hall–Kier alpha value is -0.730. The molecule has 0 aliphatic carbocycles. The summed E-state index contributed by atoms with van der Waals surface area (Å²) in [5.41, 5.74) is 1.02. The van der Waals surface area contributed by atoms with E-state index in [2.05, 4.69) is 13.2 Å². The number of sulfonamides is 1. The van der Waals surface area contributed by atoms with Gasteiger partial charge >= 0.3 is 0 Å². The number of hydrogen-bond donors (Lipinski definition) is 0. The van der Waals surface area contributed by atoms with Crippen LogP contribution in [-0.4, -0.2) is 8.42 Å². The van der Waals surface area contributed by atoms with Crippen molar-refractivity contribution >= 4 is 19.1 Å². The molecule has 0 aromatic heterocycles. The Labute approximate surface area is 73.8 Å². The first-order chi connectivity index (χ1) is 5.56. The van der Waals surface area contributed by atoms with Gasteiger partial charge in [0.2, 0.25) is 0 Å². The maximum absolute atomic E-state index is 11.1. The summed E-state index contributed by atoms with van der Waals surface area (Å²) in [6.07, 6.45) is 0. The molecular weight excluding hydrogens is 193 g/mol. The number of benzene rings is 1. The van der Waals surface area contributed by atoms with Crippen LogP contribution in [0.15, 0.2) is 33.3 Å². The molecule has 0 spiro atoms. The van der Waals surface area contributed by atoms with E-state index in [1.807, 2.05) is 6.92 Å². The highest BCUT2D eigenvalue weighted by Crippen LogP contribution is 2.13. The van der Waals surface area contributed by atoms with Crippen LogP contribution in [0.2, 0.25) is 0 Å². The zero-order chi connectivity index (χ0) is 9.19. The Balaban J connectivity index is 3.23. The lowest BCUT2D eigenvalue weighted by atomic mass is 10.2. The van der Waals surface area contributed by atoms with E-state index in [0.29, 0.717) is 0 Å². The molecule has 0 unspecified atom stereocenters. The van der Waals surface area contributed by atoms with E-state index in [9.17, 15) is 8.42 Å². The van der Waals surface area contributed by atoms with Crippen molar-refractivity contribution in [2.24, 2.45) is 4.15 Å². The van der Waals surface area contributed by atoms with Crippen LogP contribution in [0.5, 0.6) is 0 Å². The molecule has 0 heterocycles. The van der Waals surface area contributed by atoms with Crippen molar-refractivity contribution < 1.29 is 8.42 Å². The largest absolute Gasteiger partial charge is 0.285 e. The molecule has 3 nitrogen and oxygen atoms in total. The SMILES string of the molecule is Cc1ccc(S(=O)(=O)N=P)cc1. The quantitative estimate of drug-likeness (QED) is 0.687. The van der Waals surface area contributed by atoms with Gasteiger partial charge in [-0.15, -0.1) is 4.15 Å². The zero-order valence-electron chi connectivity index (χ0n) is 6.48. The minimum Gasteiger partial charge on any atom is -0.199 e. The molecule has 1 aromatic rings. The van der Waals surface area contributed by atoms with Crippen LogP contribution in [0.25, 0.3) is 0 Å². The highest BCUT2D eigenvalue weighted by molar-refractivity contribution is 7.91. The van der Waals surface area contributed by atoms with E-state index >= 15 is 0 Å². The molecule has 5 heteroatoms. The highest BCUT2D eigenvalue weighted by atomic mass is 32.2. The third-order valence-corrected chi connectivity index (χ3v) is 3.27. The van der Waals surface area contributed by atoms with Gasteiger partial charge in [-0.3, -0.25) is 0 Å².